The quantitative estimate of drug-likeness (QED) is 0.0246. The summed E-state index contributed by atoms with van der Waals surface area (Å²) in [5.74, 6) is -0.940. The van der Waals surface area contributed by atoms with Crippen LogP contribution in [0.25, 0.3) is 0 Å². The Morgan fingerprint density at radius 2 is 0.534 bits per heavy atom. The molecule has 0 aromatic heterocycles. The minimum Gasteiger partial charge on any atom is -0.462 e. The van der Waals surface area contributed by atoms with Gasteiger partial charge < -0.3 is 42.6 Å². The summed E-state index contributed by atoms with van der Waals surface area (Å²) in [4.78, 5) is 38.5. The molecule has 0 saturated carbocycles. The van der Waals surface area contributed by atoms with Crippen molar-refractivity contribution < 1.29 is 57.0 Å². The van der Waals surface area contributed by atoms with Gasteiger partial charge in [0.1, 0.15) is 13.2 Å². The van der Waals surface area contributed by atoms with Gasteiger partial charge in [-0.25, -0.2) is 0 Å². The molecule has 12 nitrogen and oxygen atoms in total. The summed E-state index contributed by atoms with van der Waals surface area (Å²) in [6, 6.07) is 0. The maximum absolute atomic E-state index is 13.0. The normalized spacial score (nSPS) is 28.6. The molecule has 0 spiro atoms. The third kappa shape index (κ3) is 27.4. The van der Waals surface area contributed by atoms with Gasteiger partial charge in [0, 0.05) is 38.5 Å². The lowest BCUT2D eigenvalue weighted by Crippen LogP contribution is -2.30. The van der Waals surface area contributed by atoms with Crippen LogP contribution >= 0.6 is 0 Å². The standard InChI is InChI=1S/C61H106O12/c1-4-7-23-32-47-53(68-47)41-56-50(71-56)35-26-17-12-10-14-20-29-38-59(62)65-44-46(67-61(64)40-31-22-16-19-28-37-52-58(73-52)43-55-49(70-55)34-25-9-6-3)45-66-60(63)39-30-21-15-11-13-18-27-36-51-57(72-51)42-54-48(69-54)33-24-8-5-2/h46-58H,4-45H2,1-3H3. The first-order chi connectivity index (χ1) is 35.8. The zero-order chi connectivity index (χ0) is 51.3. The van der Waals surface area contributed by atoms with Gasteiger partial charge in [-0.3, -0.25) is 14.4 Å². The lowest BCUT2D eigenvalue weighted by molar-refractivity contribution is -0.167. The highest BCUT2D eigenvalue weighted by molar-refractivity contribution is 5.71. The van der Waals surface area contributed by atoms with Crippen molar-refractivity contribution in [3.8, 4) is 0 Å². The molecule has 0 aromatic carbocycles. The van der Waals surface area contributed by atoms with Gasteiger partial charge >= 0.3 is 17.9 Å². The van der Waals surface area contributed by atoms with Crippen molar-refractivity contribution in [3.63, 3.8) is 0 Å². The number of esters is 3. The Kier molecular flexibility index (Phi) is 29.4. The lowest BCUT2D eigenvalue weighted by atomic mass is 10.0. The molecule has 6 saturated heterocycles. The van der Waals surface area contributed by atoms with Gasteiger partial charge in [0.25, 0.3) is 0 Å². The van der Waals surface area contributed by atoms with E-state index in [9.17, 15) is 14.4 Å². The molecule has 12 heteroatoms. The first-order valence-electron chi connectivity index (χ1n) is 31.3. The first-order valence-corrected chi connectivity index (χ1v) is 31.3. The Morgan fingerprint density at radius 3 is 0.808 bits per heavy atom. The van der Waals surface area contributed by atoms with Crippen LogP contribution in [0.2, 0.25) is 0 Å². The fourth-order valence-corrected chi connectivity index (χ4v) is 11.3. The Morgan fingerprint density at radius 1 is 0.301 bits per heavy atom. The molecule has 0 N–H and O–H groups in total. The topological polar surface area (TPSA) is 154 Å². The molecule has 6 aliphatic rings. The molecule has 422 valence electrons. The van der Waals surface area contributed by atoms with Crippen LogP contribution in [-0.4, -0.2) is 110 Å². The van der Waals surface area contributed by atoms with Crippen LogP contribution < -0.4 is 0 Å². The van der Waals surface area contributed by atoms with Crippen molar-refractivity contribution in [2.75, 3.05) is 13.2 Å². The van der Waals surface area contributed by atoms with Crippen LogP contribution in [0, 0.1) is 0 Å². The van der Waals surface area contributed by atoms with Gasteiger partial charge in [-0.2, -0.15) is 0 Å². The van der Waals surface area contributed by atoms with Crippen LogP contribution in [-0.2, 0) is 57.0 Å². The number of hydrogen-bond donors (Lipinski definition) is 0. The van der Waals surface area contributed by atoms with E-state index in [1.807, 2.05) is 0 Å². The number of unbranched alkanes of at least 4 members (excludes halogenated alkanes) is 22. The van der Waals surface area contributed by atoms with Crippen molar-refractivity contribution in [3.05, 3.63) is 0 Å². The van der Waals surface area contributed by atoms with Crippen LogP contribution in [0.5, 0.6) is 0 Å². The molecule has 6 fully saturated rings. The second kappa shape index (κ2) is 35.6. The van der Waals surface area contributed by atoms with Gasteiger partial charge in [-0.15, -0.1) is 0 Å². The molecular formula is C61H106O12. The monoisotopic (exact) mass is 1030 g/mol. The zero-order valence-electron chi connectivity index (χ0n) is 46.6. The van der Waals surface area contributed by atoms with E-state index in [1.165, 1.54) is 128 Å². The zero-order valence-corrected chi connectivity index (χ0v) is 46.6. The van der Waals surface area contributed by atoms with Gasteiger partial charge in [-0.05, 0) is 57.8 Å². The molecule has 0 bridgehead atoms. The maximum atomic E-state index is 13.0. The molecule has 0 amide bonds. The molecule has 12 unspecified atom stereocenters. The summed E-state index contributed by atoms with van der Waals surface area (Å²) in [6.07, 6.45) is 47.4. The van der Waals surface area contributed by atoms with Crippen LogP contribution in [0.4, 0.5) is 0 Å². The number of rotatable bonds is 51. The third-order valence-electron chi connectivity index (χ3n) is 16.6. The fraction of sp³-hybridized carbons (Fsp3) is 0.951. The van der Waals surface area contributed by atoms with Crippen LogP contribution in [0.3, 0.4) is 0 Å². The average molecular weight is 1030 g/mol. The molecule has 12 atom stereocenters. The van der Waals surface area contributed by atoms with E-state index in [-0.39, 0.29) is 31.1 Å². The van der Waals surface area contributed by atoms with E-state index in [4.69, 9.17) is 42.6 Å². The Bertz CT molecular complexity index is 1420. The van der Waals surface area contributed by atoms with Gasteiger partial charge in [0.2, 0.25) is 0 Å². The fourth-order valence-electron chi connectivity index (χ4n) is 11.3. The summed E-state index contributed by atoms with van der Waals surface area (Å²) >= 11 is 0. The Labute approximate surface area is 443 Å². The summed E-state index contributed by atoms with van der Waals surface area (Å²) in [7, 11) is 0. The lowest BCUT2D eigenvalue weighted by Gasteiger charge is -2.18. The van der Waals surface area contributed by atoms with Crippen molar-refractivity contribution in [2.45, 2.75) is 357 Å². The number of carbonyl (C=O) groups is 3. The largest absolute Gasteiger partial charge is 0.462 e. The Hall–Kier alpha value is -1.83. The average Bonchev–Trinajstić information content (AvgIpc) is 4.11. The number of carbonyl (C=O) groups excluding carboxylic acids is 3. The predicted octanol–water partition coefficient (Wildman–Crippen LogP) is 14.3. The van der Waals surface area contributed by atoms with E-state index >= 15 is 0 Å². The SMILES string of the molecule is CCCCCC1OC1CC1OC1CCCCCCCCCC(=O)OCC(COC(=O)CCCCCCCCCC1OC1CC1OC1CCCCC)OC(=O)CCCCCCCC1OC1CC1OC1CCCCC. The summed E-state index contributed by atoms with van der Waals surface area (Å²) in [6.45, 7) is 6.53. The highest BCUT2D eigenvalue weighted by atomic mass is 16.6. The minimum absolute atomic E-state index is 0.102. The number of hydrogen-bond acceptors (Lipinski definition) is 12. The van der Waals surface area contributed by atoms with E-state index in [0.29, 0.717) is 92.5 Å². The second-order valence-corrected chi connectivity index (χ2v) is 23.3. The summed E-state index contributed by atoms with van der Waals surface area (Å²) in [5.41, 5.74) is 0. The molecule has 6 aliphatic heterocycles. The summed E-state index contributed by atoms with van der Waals surface area (Å²) < 4.78 is 52.3. The third-order valence-corrected chi connectivity index (χ3v) is 16.6. The van der Waals surface area contributed by atoms with Crippen LogP contribution in [0.15, 0.2) is 0 Å². The van der Waals surface area contributed by atoms with Crippen molar-refractivity contribution >= 4 is 17.9 Å². The van der Waals surface area contributed by atoms with E-state index in [2.05, 4.69) is 20.8 Å². The highest BCUT2D eigenvalue weighted by Gasteiger charge is 2.49. The van der Waals surface area contributed by atoms with E-state index < -0.39 is 6.10 Å². The number of epoxide rings is 6. The highest BCUT2D eigenvalue weighted by Crippen LogP contribution is 2.41. The first kappa shape index (κ1) is 60.4. The molecule has 0 aliphatic carbocycles. The van der Waals surface area contributed by atoms with Crippen LogP contribution in [0.1, 0.15) is 278 Å². The van der Waals surface area contributed by atoms with Gasteiger partial charge in [0.05, 0.1) is 73.2 Å². The van der Waals surface area contributed by atoms with Gasteiger partial charge in [-0.1, -0.05) is 181 Å². The molecule has 6 rings (SSSR count). The number of ether oxygens (including phenoxy) is 9. The summed E-state index contributed by atoms with van der Waals surface area (Å²) in [5, 5.41) is 0. The van der Waals surface area contributed by atoms with Gasteiger partial charge in [0.15, 0.2) is 6.10 Å². The van der Waals surface area contributed by atoms with E-state index in [0.717, 1.165) is 109 Å². The smallest absolute Gasteiger partial charge is 0.306 e. The van der Waals surface area contributed by atoms with Crippen molar-refractivity contribution in [2.24, 2.45) is 0 Å². The minimum atomic E-state index is -0.809. The second-order valence-electron chi connectivity index (χ2n) is 23.3. The maximum Gasteiger partial charge on any atom is 0.306 e. The Balaban J connectivity index is 0.750. The molecule has 0 aromatic rings. The molecule has 0 radical (unpaired) electrons. The van der Waals surface area contributed by atoms with E-state index in [1.54, 1.807) is 0 Å². The van der Waals surface area contributed by atoms with Crippen molar-refractivity contribution in [1.82, 2.24) is 0 Å². The van der Waals surface area contributed by atoms with Crippen molar-refractivity contribution in [1.29, 1.82) is 0 Å². The molecule has 6 heterocycles. The predicted molar refractivity (Wildman–Crippen MR) is 285 cm³/mol. The molecular weight excluding hydrogens is 925 g/mol. The molecule has 73 heavy (non-hydrogen) atoms.